The second-order valence-electron chi connectivity index (χ2n) is 5.29. The van der Waals surface area contributed by atoms with E-state index in [0.29, 0.717) is 11.3 Å². The van der Waals surface area contributed by atoms with Crippen LogP contribution < -0.4 is 0 Å². The first-order valence-electron chi connectivity index (χ1n) is 7.08. The third-order valence-corrected chi connectivity index (χ3v) is 7.27. The standard InChI is InChI=1S/C17H18BOP/c18-17(19)20-15(13-7-3-1-4-8-13)11-12-16(20)14-9-5-2-6-10-14/h1-10,15-17,19H,11-12H2/t15-,16-,17?/m0/s1. The van der Waals surface area contributed by atoms with Gasteiger partial charge >= 0.3 is 0 Å². The normalized spacial score (nSPS) is 24.6. The molecule has 2 aromatic rings. The molecular formula is C17H18BOP. The highest BCUT2D eigenvalue weighted by Gasteiger charge is 2.39. The molecule has 0 spiro atoms. The van der Waals surface area contributed by atoms with Gasteiger partial charge in [0.25, 0.3) is 0 Å². The van der Waals surface area contributed by atoms with E-state index < -0.39 is 13.7 Å². The minimum Gasteiger partial charge on any atom is -0.399 e. The molecule has 0 bridgehead atoms. The maximum absolute atomic E-state index is 10.1. The molecule has 2 aromatic carbocycles. The fourth-order valence-electron chi connectivity index (χ4n) is 3.23. The molecular weight excluding hydrogens is 262 g/mol. The zero-order valence-corrected chi connectivity index (χ0v) is 12.3. The highest BCUT2D eigenvalue weighted by molar-refractivity contribution is 7.60. The maximum atomic E-state index is 10.1. The lowest BCUT2D eigenvalue weighted by molar-refractivity contribution is 0.331. The third kappa shape index (κ3) is 2.68. The molecule has 0 aliphatic carbocycles. The highest BCUT2D eigenvalue weighted by atomic mass is 31.1. The first-order valence-corrected chi connectivity index (χ1v) is 8.63. The molecule has 3 atom stereocenters. The molecule has 3 heteroatoms. The van der Waals surface area contributed by atoms with Gasteiger partial charge in [0.15, 0.2) is 0 Å². The van der Waals surface area contributed by atoms with E-state index in [1.54, 1.807) is 0 Å². The van der Waals surface area contributed by atoms with Gasteiger partial charge in [-0.1, -0.05) is 68.6 Å². The second kappa shape index (κ2) is 6.12. The zero-order valence-electron chi connectivity index (χ0n) is 11.4. The number of aliphatic hydroxyl groups is 1. The molecule has 1 fully saturated rings. The Balaban J connectivity index is 1.92. The van der Waals surface area contributed by atoms with Crippen molar-refractivity contribution in [3.8, 4) is 0 Å². The monoisotopic (exact) mass is 280 g/mol. The zero-order chi connectivity index (χ0) is 13.9. The van der Waals surface area contributed by atoms with Crippen LogP contribution >= 0.6 is 7.92 Å². The molecule has 1 N–H and O–H groups in total. The smallest absolute Gasteiger partial charge is 0.115 e. The minimum absolute atomic E-state index is 0.413. The molecule has 1 unspecified atom stereocenters. The Morgan fingerprint density at radius 3 is 1.60 bits per heavy atom. The van der Waals surface area contributed by atoms with E-state index in [9.17, 15) is 5.11 Å². The van der Waals surface area contributed by atoms with Crippen LogP contribution in [0.3, 0.4) is 0 Å². The Morgan fingerprint density at radius 1 is 0.850 bits per heavy atom. The van der Waals surface area contributed by atoms with Gasteiger partial charge in [0.05, 0.1) is 0 Å². The Kier molecular flexibility index (Phi) is 4.24. The summed E-state index contributed by atoms with van der Waals surface area (Å²) in [5.74, 6) is -0.706. The number of hydrogen-bond acceptors (Lipinski definition) is 1. The summed E-state index contributed by atoms with van der Waals surface area (Å²) in [6.45, 7) is 0. The summed E-state index contributed by atoms with van der Waals surface area (Å²) in [7, 11) is 5.29. The minimum atomic E-state index is -0.706. The first kappa shape index (κ1) is 13.9. The van der Waals surface area contributed by atoms with Gasteiger partial charge in [-0.15, -0.1) is 0 Å². The van der Waals surface area contributed by atoms with Crippen molar-refractivity contribution in [3.05, 3.63) is 71.8 Å². The predicted octanol–water partition coefficient (Wildman–Crippen LogP) is 4.19. The van der Waals surface area contributed by atoms with Gasteiger partial charge in [0, 0.05) is 17.1 Å². The lowest BCUT2D eigenvalue weighted by Gasteiger charge is -2.29. The van der Waals surface area contributed by atoms with Crippen LogP contribution in [0, 0.1) is 0 Å². The summed E-state index contributed by atoms with van der Waals surface area (Å²) in [5, 5.41) is 10.1. The fraction of sp³-hybridized carbons (Fsp3) is 0.294. The molecule has 1 aliphatic heterocycles. The third-order valence-electron chi connectivity index (χ3n) is 4.11. The van der Waals surface area contributed by atoms with Crippen molar-refractivity contribution in [1.82, 2.24) is 0 Å². The lowest BCUT2D eigenvalue weighted by atomic mass is 10.0. The summed E-state index contributed by atoms with van der Waals surface area (Å²) < 4.78 is 0. The van der Waals surface area contributed by atoms with Crippen LogP contribution in [0.25, 0.3) is 0 Å². The van der Waals surface area contributed by atoms with Crippen LogP contribution in [0.5, 0.6) is 0 Å². The van der Waals surface area contributed by atoms with E-state index in [1.807, 2.05) is 12.1 Å². The molecule has 0 aromatic heterocycles. The van der Waals surface area contributed by atoms with Crippen LogP contribution in [-0.4, -0.2) is 18.7 Å². The van der Waals surface area contributed by atoms with Crippen molar-refractivity contribution in [2.75, 3.05) is 0 Å². The number of hydrogen-bond donors (Lipinski definition) is 1. The van der Waals surface area contributed by atoms with E-state index >= 15 is 0 Å². The molecule has 2 radical (unpaired) electrons. The summed E-state index contributed by atoms with van der Waals surface area (Å²) >= 11 is 0. The fourth-order valence-corrected chi connectivity index (χ4v) is 6.33. The largest absolute Gasteiger partial charge is 0.399 e. The molecule has 1 saturated heterocycles. The van der Waals surface area contributed by atoms with Gasteiger partial charge in [0.2, 0.25) is 0 Å². The van der Waals surface area contributed by atoms with E-state index in [2.05, 4.69) is 48.5 Å². The quantitative estimate of drug-likeness (QED) is 0.660. The molecule has 20 heavy (non-hydrogen) atoms. The Bertz CT molecular complexity index is 496. The Morgan fingerprint density at radius 2 is 1.25 bits per heavy atom. The molecule has 3 rings (SSSR count). The predicted molar refractivity (Wildman–Crippen MR) is 86.3 cm³/mol. The summed E-state index contributed by atoms with van der Waals surface area (Å²) in [6, 6.07) is 21.0. The average molecular weight is 280 g/mol. The van der Waals surface area contributed by atoms with Gasteiger partial charge in [-0.25, -0.2) is 0 Å². The van der Waals surface area contributed by atoms with Crippen LogP contribution in [-0.2, 0) is 0 Å². The van der Waals surface area contributed by atoms with Crippen LogP contribution in [0.4, 0.5) is 0 Å². The molecule has 1 aliphatic rings. The van der Waals surface area contributed by atoms with Gasteiger partial charge in [-0.2, -0.15) is 0 Å². The van der Waals surface area contributed by atoms with Crippen LogP contribution in [0.1, 0.15) is 35.3 Å². The number of rotatable bonds is 3. The van der Waals surface area contributed by atoms with E-state index in [0.717, 1.165) is 12.8 Å². The van der Waals surface area contributed by atoms with Crippen molar-refractivity contribution < 1.29 is 5.11 Å². The molecule has 0 amide bonds. The SMILES string of the molecule is [B]C(O)P1[C@H](c2ccccc2)CC[C@H]1c1ccccc1. The van der Waals surface area contributed by atoms with Gasteiger partial charge in [0.1, 0.15) is 7.85 Å². The lowest BCUT2D eigenvalue weighted by Crippen LogP contribution is -2.09. The summed E-state index contributed by atoms with van der Waals surface area (Å²) in [4.78, 5) is 0. The summed E-state index contributed by atoms with van der Waals surface area (Å²) in [5.41, 5.74) is 3.47. The van der Waals surface area contributed by atoms with Crippen molar-refractivity contribution >= 4 is 15.8 Å². The number of benzene rings is 2. The van der Waals surface area contributed by atoms with Gasteiger partial charge in [-0.05, 0) is 24.0 Å². The van der Waals surface area contributed by atoms with Crippen LogP contribution in [0.15, 0.2) is 60.7 Å². The van der Waals surface area contributed by atoms with E-state index in [-0.39, 0.29) is 0 Å². The highest BCUT2D eigenvalue weighted by Crippen LogP contribution is 2.71. The summed E-state index contributed by atoms with van der Waals surface area (Å²) in [6.07, 6.45) is 2.23. The van der Waals surface area contributed by atoms with Gasteiger partial charge in [-0.3, -0.25) is 0 Å². The number of aliphatic hydroxyl groups excluding tert-OH is 1. The average Bonchev–Trinajstić information content (AvgIpc) is 2.94. The second-order valence-corrected chi connectivity index (χ2v) is 7.96. The first-order chi connectivity index (χ1) is 9.77. The van der Waals surface area contributed by atoms with Crippen molar-refractivity contribution in [3.63, 3.8) is 0 Å². The van der Waals surface area contributed by atoms with Crippen LogP contribution in [0.2, 0.25) is 0 Å². The molecule has 100 valence electrons. The molecule has 0 saturated carbocycles. The van der Waals surface area contributed by atoms with Gasteiger partial charge < -0.3 is 5.11 Å². The molecule has 1 nitrogen and oxygen atoms in total. The van der Waals surface area contributed by atoms with E-state index in [4.69, 9.17) is 7.85 Å². The Labute approximate surface area is 123 Å². The van der Waals surface area contributed by atoms with Crippen molar-refractivity contribution in [1.29, 1.82) is 0 Å². The Hall–Kier alpha value is -1.11. The molecule has 1 heterocycles. The van der Waals surface area contributed by atoms with E-state index in [1.165, 1.54) is 11.1 Å². The maximum Gasteiger partial charge on any atom is 0.115 e. The topological polar surface area (TPSA) is 20.2 Å². The van der Waals surface area contributed by atoms with Crippen molar-refractivity contribution in [2.45, 2.75) is 29.9 Å². The van der Waals surface area contributed by atoms with Crippen molar-refractivity contribution in [2.24, 2.45) is 0 Å².